The molecule has 2 aromatic rings. The monoisotopic (exact) mass is 463 g/mol. The number of nitrogens with zero attached hydrogens (tertiary/aromatic N) is 1. The Kier molecular flexibility index (Phi) is 8.13. The molecule has 1 aliphatic heterocycles. The quantitative estimate of drug-likeness (QED) is 0.522. The van der Waals surface area contributed by atoms with Gasteiger partial charge >= 0.3 is 0 Å². The summed E-state index contributed by atoms with van der Waals surface area (Å²) in [6.45, 7) is 9.91. The smallest absolute Gasteiger partial charge is 0.256 e. The second-order valence-corrected chi connectivity index (χ2v) is 9.70. The molecule has 3 amide bonds. The van der Waals surface area contributed by atoms with E-state index in [1.54, 1.807) is 18.2 Å². The summed E-state index contributed by atoms with van der Waals surface area (Å²) >= 11 is 0. The van der Waals surface area contributed by atoms with Crippen LogP contribution in [0.25, 0.3) is 11.1 Å². The highest BCUT2D eigenvalue weighted by Crippen LogP contribution is 2.44. The van der Waals surface area contributed by atoms with Crippen molar-refractivity contribution >= 4 is 29.1 Å². The fourth-order valence-electron chi connectivity index (χ4n) is 4.77. The Bertz CT molecular complexity index is 1060. The van der Waals surface area contributed by atoms with Gasteiger partial charge in [-0.05, 0) is 48.4 Å². The third-order valence-corrected chi connectivity index (χ3v) is 6.77. The summed E-state index contributed by atoms with van der Waals surface area (Å²) in [7, 11) is 0. The van der Waals surface area contributed by atoms with Gasteiger partial charge in [0.1, 0.15) is 6.04 Å². The molecule has 0 aromatic heterocycles. The Morgan fingerprint density at radius 2 is 1.74 bits per heavy atom. The summed E-state index contributed by atoms with van der Waals surface area (Å²) in [5.41, 5.74) is 9.74. The summed E-state index contributed by atoms with van der Waals surface area (Å²) in [5, 5.41) is 2.95. The minimum atomic E-state index is -0.789. The van der Waals surface area contributed by atoms with Crippen molar-refractivity contribution in [1.29, 1.82) is 0 Å². The number of imide groups is 1. The highest BCUT2D eigenvalue weighted by atomic mass is 16.2. The maximum atomic E-state index is 14.1. The molecule has 3 N–H and O–H groups in total. The number of amides is 3. The number of hydrogen-bond acceptors (Lipinski definition) is 4. The van der Waals surface area contributed by atoms with Crippen molar-refractivity contribution in [3.05, 3.63) is 48.0 Å². The zero-order chi connectivity index (χ0) is 25.0. The summed E-state index contributed by atoms with van der Waals surface area (Å²) in [6.07, 6.45) is 2.59. The summed E-state index contributed by atoms with van der Waals surface area (Å²) < 4.78 is 0. The van der Waals surface area contributed by atoms with E-state index in [1.807, 2.05) is 45.0 Å². The van der Waals surface area contributed by atoms with Gasteiger partial charge in [0.2, 0.25) is 11.8 Å². The van der Waals surface area contributed by atoms with E-state index in [0.29, 0.717) is 29.8 Å². The van der Waals surface area contributed by atoms with E-state index >= 15 is 0 Å². The Morgan fingerprint density at radius 1 is 1.06 bits per heavy atom. The topological polar surface area (TPSA) is 92.5 Å². The molecule has 0 saturated heterocycles. The van der Waals surface area contributed by atoms with E-state index in [-0.39, 0.29) is 23.7 Å². The standard InChI is InChI=1S/C28H37N3O3/c1-6-19(7-2)16-23(30-25(32)15-17(3)4)28(34)31-24-14-10-13-22(29)26(24)21-12-9-8-11-20(21)18(5)27(31)33/h8-14,17-19,23H,6-7,15-16,29H2,1-5H3,(H,30,32)/t18?,23-/m0/s1. The molecule has 0 spiro atoms. The lowest BCUT2D eigenvalue weighted by molar-refractivity contribution is -0.132. The Labute approximate surface area is 202 Å². The van der Waals surface area contributed by atoms with Gasteiger partial charge in [0.15, 0.2) is 0 Å². The van der Waals surface area contributed by atoms with Gasteiger partial charge in [0.25, 0.3) is 5.91 Å². The van der Waals surface area contributed by atoms with Crippen molar-refractivity contribution in [1.82, 2.24) is 5.32 Å². The first-order valence-electron chi connectivity index (χ1n) is 12.3. The van der Waals surface area contributed by atoms with Crippen LogP contribution in [0.1, 0.15) is 71.8 Å². The number of nitrogens with two attached hydrogens (primary N) is 1. The molecule has 6 nitrogen and oxygen atoms in total. The molecule has 0 fully saturated rings. The van der Waals surface area contributed by atoms with Crippen LogP contribution in [0.3, 0.4) is 0 Å². The van der Waals surface area contributed by atoms with E-state index in [4.69, 9.17) is 5.73 Å². The fraction of sp³-hybridized carbons (Fsp3) is 0.464. The predicted molar refractivity (Wildman–Crippen MR) is 137 cm³/mol. The third-order valence-electron chi connectivity index (χ3n) is 6.77. The van der Waals surface area contributed by atoms with Gasteiger partial charge in [-0.3, -0.25) is 14.4 Å². The molecule has 6 heteroatoms. The van der Waals surface area contributed by atoms with Crippen LogP contribution in [0.2, 0.25) is 0 Å². The van der Waals surface area contributed by atoms with Gasteiger partial charge in [-0.2, -0.15) is 0 Å². The molecule has 182 valence electrons. The van der Waals surface area contributed by atoms with Gasteiger partial charge in [-0.1, -0.05) is 70.9 Å². The number of carbonyl (C=O) groups is 3. The summed E-state index contributed by atoms with van der Waals surface area (Å²) in [6, 6.07) is 12.2. The van der Waals surface area contributed by atoms with Gasteiger partial charge in [0.05, 0.1) is 11.6 Å². The molecule has 1 unspecified atom stereocenters. The SMILES string of the molecule is CCC(CC)C[C@H](NC(=O)CC(C)C)C(=O)N1C(=O)C(C)c2ccccc2-c2c(N)cccc21. The fourth-order valence-corrected chi connectivity index (χ4v) is 4.77. The maximum Gasteiger partial charge on any atom is 0.256 e. The molecule has 2 aromatic carbocycles. The average Bonchev–Trinajstić information content (AvgIpc) is 2.89. The third kappa shape index (κ3) is 5.16. The molecule has 0 radical (unpaired) electrons. The zero-order valence-electron chi connectivity index (χ0n) is 20.9. The molecular formula is C28H37N3O3. The molecule has 0 aliphatic carbocycles. The molecule has 0 bridgehead atoms. The van der Waals surface area contributed by atoms with E-state index < -0.39 is 17.9 Å². The van der Waals surface area contributed by atoms with Crippen molar-refractivity contribution in [3.63, 3.8) is 0 Å². The van der Waals surface area contributed by atoms with Crippen LogP contribution in [0.5, 0.6) is 0 Å². The number of nitrogen functional groups attached to an aromatic ring is 1. The number of fused-ring (bicyclic) bond motifs is 3. The van der Waals surface area contributed by atoms with Gasteiger partial charge in [-0.25, -0.2) is 4.90 Å². The molecule has 1 heterocycles. The second-order valence-electron chi connectivity index (χ2n) is 9.70. The average molecular weight is 464 g/mol. The van der Waals surface area contributed by atoms with Gasteiger partial charge in [-0.15, -0.1) is 0 Å². The largest absolute Gasteiger partial charge is 0.398 e. The minimum Gasteiger partial charge on any atom is -0.398 e. The minimum absolute atomic E-state index is 0.166. The molecule has 34 heavy (non-hydrogen) atoms. The molecule has 0 saturated carbocycles. The predicted octanol–water partition coefficient (Wildman–Crippen LogP) is 5.27. The first-order valence-corrected chi connectivity index (χ1v) is 12.3. The first-order chi connectivity index (χ1) is 16.2. The number of hydrogen-bond donors (Lipinski definition) is 2. The molecule has 3 rings (SSSR count). The van der Waals surface area contributed by atoms with Crippen molar-refractivity contribution in [2.75, 3.05) is 10.6 Å². The summed E-state index contributed by atoms with van der Waals surface area (Å²) in [4.78, 5) is 41.8. The van der Waals surface area contributed by atoms with Crippen molar-refractivity contribution in [2.24, 2.45) is 11.8 Å². The number of carbonyl (C=O) groups excluding carboxylic acids is 3. The van der Waals surface area contributed by atoms with Crippen LogP contribution in [0.15, 0.2) is 42.5 Å². The zero-order valence-corrected chi connectivity index (χ0v) is 20.9. The first kappa shape index (κ1) is 25.5. The highest BCUT2D eigenvalue weighted by molar-refractivity contribution is 6.22. The number of rotatable bonds is 8. The Hall–Kier alpha value is -3.15. The van der Waals surface area contributed by atoms with Crippen LogP contribution >= 0.6 is 0 Å². The van der Waals surface area contributed by atoms with Crippen molar-refractivity contribution < 1.29 is 14.4 Å². The number of nitrogens with one attached hydrogen (secondary N) is 1. The second kappa shape index (κ2) is 10.9. The lowest BCUT2D eigenvalue weighted by Gasteiger charge is -2.30. The normalized spacial score (nSPS) is 16.1. The van der Waals surface area contributed by atoms with Crippen molar-refractivity contribution in [3.8, 4) is 11.1 Å². The van der Waals surface area contributed by atoms with Gasteiger partial charge in [0, 0.05) is 17.7 Å². The van der Waals surface area contributed by atoms with E-state index in [2.05, 4.69) is 19.2 Å². The van der Waals surface area contributed by atoms with Gasteiger partial charge < -0.3 is 11.1 Å². The lowest BCUT2D eigenvalue weighted by Crippen LogP contribution is -2.52. The van der Waals surface area contributed by atoms with E-state index in [1.165, 1.54) is 4.90 Å². The Balaban J connectivity index is 2.11. The van der Waals surface area contributed by atoms with Crippen LogP contribution in [0, 0.1) is 11.8 Å². The van der Waals surface area contributed by atoms with Crippen LogP contribution < -0.4 is 16.0 Å². The number of benzene rings is 2. The maximum absolute atomic E-state index is 14.1. The Morgan fingerprint density at radius 3 is 2.38 bits per heavy atom. The van der Waals surface area contributed by atoms with Crippen LogP contribution in [0.4, 0.5) is 11.4 Å². The van der Waals surface area contributed by atoms with E-state index in [0.717, 1.165) is 24.0 Å². The van der Waals surface area contributed by atoms with Crippen molar-refractivity contribution in [2.45, 2.75) is 72.3 Å². The highest BCUT2D eigenvalue weighted by Gasteiger charge is 2.39. The number of anilines is 2. The van der Waals surface area contributed by atoms with Crippen LogP contribution in [-0.2, 0) is 14.4 Å². The van der Waals surface area contributed by atoms with Crippen LogP contribution in [-0.4, -0.2) is 23.8 Å². The molecule has 1 aliphatic rings. The summed E-state index contributed by atoms with van der Waals surface area (Å²) in [5.74, 6) is -1.00. The molecule has 2 atom stereocenters. The van der Waals surface area contributed by atoms with E-state index in [9.17, 15) is 14.4 Å². The molecular weight excluding hydrogens is 426 g/mol. The lowest BCUT2D eigenvalue weighted by atomic mass is 9.91.